The van der Waals surface area contributed by atoms with Gasteiger partial charge in [-0.25, -0.2) is 9.18 Å². The number of carbonyl (C=O) groups excluding carboxylic acids is 1. The summed E-state index contributed by atoms with van der Waals surface area (Å²) < 4.78 is 24.0. The van der Waals surface area contributed by atoms with Gasteiger partial charge in [0.25, 0.3) is 5.91 Å². The van der Waals surface area contributed by atoms with E-state index in [0.29, 0.717) is 16.9 Å². The molecular weight excluding hydrogens is 325 g/mol. The maximum Gasteiger partial charge on any atom is 0.339 e. The first-order valence-electron chi connectivity index (χ1n) is 8.67. The lowest BCUT2D eigenvalue weighted by Crippen LogP contribution is -2.52. The van der Waals surface area contributed by atoms with Crippen LogP contribution in [0.3, 0.4) is 0 Å². The van der Waals surface area contributed by atoms with Crippen LogP contribution in [0, 0.1) is 6.92 Å². The Morgan fingerprint density at radius 2 is 2.00 bits per heavy atom. The third kappa shape index (κ3) is 2.79. The van der Waals surface area contributed by atoms with E-state index in [-0.39, 0.29) is 31.2 Å². The molecule has 6 heteroatoms. The van der Waals surface area contributed by atoms with E-state index in [1.54, 1.807) is 0 Å². The molecular formula is C19H20FNO4. The lowest BCUT2D eigenvalue weighted by Gasteiger charge is -2.34. The van der Waals surface area contributed by atoms with Gasteiger partial charge in [0.15, 0.2) is 6.61 Å². The molecule has 1 aliphatic heterocycles. The van der Waals surface area contributed by atoms with Crippen molar-refractivity contribution in [2.75, 3.05) is 19.7 Å². The summed E-state index contributed by atoms with van der Waals surface area (Å²) in [6.07, 6.45) is 2.82. The number of hydrogen-bond acceptors (Lipinski definition) is 4. The molecule has 1 saturated heterocycles. The molecule has 2 aromatic rings. The second-order valence-corrected chi connectivity index (χ2v) is 6.80. The zero-order valence-corrected chi connectivity index (χ0v) is 14.1. The Morgan fingerprint density at radius 1 is 1.28 bits per heavy atom. The molecule has 1 aromatic heterocycles. The average Bonchev–Trinajstić information content (AvgIpc) is 2.59. The van der Waals surface area contributed by atoms with Crippen molar-refractivity contribution in [3.05, 3.63) is 39.2 Å². The first kappa shape index (κ1) is 16.1. The molecule has 25 heavy (non-hydrogen) atoms. The largest absolute Gasteiger partial charge is 0.483 e. The maximum absolute atomic E-state index is 12.8. The molecule has 0 bridgehead atoms. The maximum atomic E-state index is 12.8. The third-order valence-corrected chi connectivity index (χ3v) is 5.13. The summed E-state index contributed by atoms with van der Waals surface area (Å²) in [6.45, 7) is 1.95. The van der Waals surface area contributed by atoms with Crippen LogP contribution >= 0.6 is 0 Å². The van der Waals surface area contributed by atoms with Gasteiger partial charge in [-0.1, -0.05) is 0 Å². The number of rotatable bonds is 3. The van der Waals surface area contributed by atoms with Crippen molar-refractivity contribution < 1.29 is 18.3 Å². The van der Waals surface area contributed by atoms with E-state index >= 15 is 0 Å². The van der Waals surface area contributed by atoms with Crippen LogP contribution in [-0.2, 0) is 17.6 Å². The second kappa shape index (κ2) is 6.17. The standard InChI is InChI=1S/C19H20FNO4/c1-11-16(24-10-17(22)21-8-12(20)9-21)7-6-14-13-4-2-3-5-15(13)19(23)25-18(11)14/h6-7,12H,2-5,8-10H2,1H3. The first-order valence-corrected chi connectivity index (χ1v) is 8.67. The lowest BCUT2D eigenvalue weighted by molar-refractivity contribution is -0.140. The topological polar surface area (TPSA) is 59.8 Å². The number of ether oxygens (including phenoxy) is 1. The summed E-state index contributed by atoms with van der Waals surface area (Å²) in [5, 5.41) is 0.952. The Hall–Kier alpha value is -2.37. The van der Waals surface area contributed by atoms with Gasteiger partial charge in [0.2, 0.25) is 0 Å². The summed E-state index contributed by atoms with van der Waals surface area (Å²) in [6, 6.07) is 3.71. The Kier molecular flexibility index (Phi) is 3.98. The zero-order valence-electron chi connectivity index (χ0n) is 14.1. The molecule has 0 atom stereocenters. The van der Waals surface area contributed by atoms with Gasteiger partial charge in [-0.05, 0) is 50.3 Å². The molecule has 4 rings (SSSR count). The van der Waals surface area contributed by atoms with E-state index in [0.717, 1.165) is 42.2 Å². The van der Waals surface area contributed by atoms with Crippen molar-refractivity contribution in [1.82, 2.24) is 4.90 Å². The predicted molar refractivity (Wildman–Crippen MR) is 90.8 cm³/mol. The number of nitrogens with zero attached hydrogens (tertiary/aromatic N) is 1. The van der Waals surface area contributed by atoms with Crippen LogP contribution in [0.1, 0.15) is 29.5 Å². The fourth-order valence-electron chi connectivity index (χ4n) is 3.64. The Bertz CT molecular complexity index is 898. The molecule has 5 nitrogen and oxygen atoms in total. The number of aryl methyl sites for hydroxylation is 2. The number of hydrogen-bond donors (Lipinski definition) is 0. The summed E-state index contributed by atoms with van der Waals surface area (Å²) in [5.74, 6) is 0.275. The van der Waals surface area contributed by atoms with Crippen LogP contribution in [0.4, 0.5) is 4.39 Å². The van der Waals surface area contributed by atoms with Crippen molar-refractivity contribution in [2.24, 2.45) is 0 Å². The van der Waals surface area contributed by atoms with Crippen molar-refractivity contribution in [1.29, 1.82) is 0 Å². The fourth-order valence-corrected chi connectivity index (χ4v) is 3.64. The molecule has 1 fully saturated rings. The molecule has 1 aliphatic carbocycles. The lowest BCUT2D eigenvalue weighted by atomic mass is 9.90. The van der Waals surface area contributed by atoms with Gasteiger partial charge in [-0.3, -0.25) is 4.79 Å². The molecule has 0 radical (unpaired) electrons. The Morgan fingerprint density at radius 3 is 2.72 bits per heavy atom. The highest BCUT2D eigenvalue weighted by atomic mass is 19.1. The van der Waals surface area contributed by atoms with Gasteiger partial charge < -0.3 is 14.1 Å². The molecule has 0 spiro atoms. The fraction of sp³-hybridized carbons (Fsp3) is 0.474. The average molecular weight is 345 g/mol. The minimum absolute atomic E-state index is 0.139. The number of alkyl halides is 1. The molecule has 0 saturated carbocycles. The van der Waals surface area contributed by atoms with Gasteiger partial charge >= 0.3 is 5.63 Å². The van der Waals surface area contributed by atoms with Crippen molar-refractivity contribution in [3.8, 4) is 5.75 Å². The SMILES string of the molecule is Cc1c(OCC(=O)N2CC(F)C2)ccc2c3c(c(=O)oc12)CCCC3. The minimum atomic E-state index is -0.924. The summed E-state index contributed by atoms with van der Waals surface area (Å²) in [5.41, 5.74) is 2.84. The molecule has 2 aliphatic rings. The first-order chi connectivity index (χ1) is 12.0. The second-order valence-electron chi connectivity index (χ2n) is 6.80. The van der Waals surface area contributed by atoms with Crippen molar-refractivity contribution in [2.45, 2.75) is 38.8 Å². The molecule has 0 N–H and O–H groups in total. The van der Waals surface area contributed by atoms with Gasteiger partial charge in [0.05, 0.1) is 13.1 Å². The van der Waals surface area contributed by atoms with Gasteiger partial charge in [0.1, 0.15) is 17.5 Å². The van der Waals surface area contributed by atoms with Crippen molar-refractivity contribution in [3.63, 3.8) is 0 Å². The highest BCUT2D eigenvalue weighted by molar-refractivity contribution is 5.86. The number of likely N-dealkylation sites (tertiary alicyclic amines) is 1. The molecule has 2 heterocycles. The van der Waals surface area contributed by atoms with Gasteiger partial charge in [-0.2, -0.15) is 0 Å². The summed E-state index contributed by atoms with van der Waals surface area (Å²) in [4.78, 5) is 25.6. The highest BCUT2D eigenvalue weighted by Crippen LogP contribution is 2.32. The van der Waals surface area contributed by atoms with Crippen LogP contribution in [0.2, 0.25) is 0 Å². The normalized spacial score (nSPS) is 17.3. The Balaban J connectivity index is 1.62. The number of fused-ring (bicyclic) bond motifs is 3. The van der Waals surface area contributed by atoms with E-state index in [9.17, 15) is 14.0 Å². The molecule has 132 valence electrons. The van der Waals surface area contributed by atoms with E-state index in [2.05, 4.69) is 0 Å². The smallest absolute Gasteiger partial charge is 0.339 e. The van der Waals surface area contributed by atoms with Crippen LogP contribution in [-0.4, -0.2) is 36.7 Å². The van der Waals surface area contributed by atoms with Crippen LogP contribution in [0.5, 0.6) is 5.75 Å². The highest BCUT2D eigenvalue weighted by Gasteiger charge is 2.30. The zero-order chi connectivity index (χ0) is 17.6. The molecule has 1 aromatic carbocycles. The van der Waals surface area contributed by atoms with Gasteiger partial charge in [-0.15, -0.1) is 0 Å². The van der Waals surface area contributed by atoms with Crippen LogP contribution < -0.4 is 10.4 Å². The predicted octanol–water partition coefficient (Wildman–Crippen LogP) is 2.54. The number of carbonyl (C=O) groups is 1. The number of benzene rings is 1. The monoisotopic (exact) mass is 345 g/mol. The van der Waals surface area contributed by atoms with Crippen LogP contribution in [0.25, 0.3) is 11.0 Å². The quantitative estimate of drug-likeness (QED) is 0.802. The van der Waals surface area contributed by atoms with Gasteiger partial charge in [0, 0.05) is 16.5 Å². The van der Waals surface area contributed by atoms with Crippen LogP contribution in [0.15, 0.2) is 21.3 Å². The van der Waals surface area contributed by atoms with E-state index in [4.69, 9.17) is 9.15 Å². The van der Waals surface area contributed by atoms with E-state index in [1.807, 2.05) is 19.1 Å². The van der Waals surface area contributed by atoms with Crippen molar-refractivity contribution >= 4 is 16.9 Å². The number of amides is 1. The molecule has 0 unspecified atom stereocenters. The summed E-state index contributed by atoms with van der Waals surface area (Å²) in [7, 11) is 0. The third-order valence-electron chi connectivity index (χ3n) is 5.13. The Labute approximate surface area is 144 Å². The summed E-state index contributed by atoms with van der Waals surface area (Å²) >= 11 is 0. The number of halogens is 1. The molecule has 1 amide bonds. The van der Waals surface area contributed by atoms with E-state index < -0.39 is 6.17 Å². The minimum Gasteiger partial charge on any atom is -0.483 e. The van der Waals surface area contributed by atoms with E-state index in [1.165, 1.54) is 4.90 Å².